The summed E-state index contributed by atoms with van der Waals surface area (Å²) in [6, 6.07) is 5.89. The molecule has 3 N–H and O–H groups in total. The zero-order valence-corrected chi connectivity index (χ0v) is 10.6. The molecule has 1 atom stereocenters. The molecule has 0 bridgehead atoms. The fourth-order valence-electron chi connectivity index (χ4n) is 2.09. The van der Waals surface area contributed by atoms with Crippen LogP contribution in [0.5, 0.6) is 0 Å². The molecule has 0 aliphatic heterocycles. The van der Waals surface area contributed by atoms with Crippen LogP contribution in [-0.4, -0.2) is 0 Å². The molecule has 2 nitrogen and oxygen atoms in total. The minimum Gasteiger partial charge on any atom is -0.271 e. The monoisotopic (exact) mass is 302 g/mol. The predicted molar refractivity (Wildman–Crippen MR) is 67.0 cm³/mol. The minimum atomic E-state index is -4.70. The molecule has 0 fully saturated rings. The lowest BCUT2D eigenvalue weighted by atomic mass is 9.94. The van der Waals surface area contributed by atoms with Gasteiger partial charge in [0, 0.05) is 5.56 Å². The summed E-state index contributed by atoms with van der Waals surface area (Å²) in [6.45, 7) is 0. The topological polar surface area (TPSA) is 38.0 Å². The van der Waals surface area contributed by atoms with Crippen LogP contribution in [0.4, 0.5) is 22.0 Å². The van der Waals surface area contributed by atoms with Gasteiger partial charge in [-0.05, 0) is 29.8 Å². The van der Waals surface area contributed by atoms with E-state index < -0.39 is 35.0 Å². The van der Waals surface area contributed by atoms with Gasteiger partial charge in [0.15, 0.2) is 0 Å². The Morgan fingerprint density at radius 1 is 0.952 bits per heavy atom. The maximum absolute atomic E-state index is 13.8. The zero-order chi connectivity index (χ0) is 15.6. The maximum Gasteiger partial charge on any atom is 0.416 e. The lowest BCUT2D eigenvalue weighted by molar-refractivity contribution is -0.138. The van der Waals surface area contributed by atoms with Gasteiger partial charge in [-0.2, -0.15) is 13.2 Å². The first-order valence-electron chi connectivity index (χ1n) is 5.91. The largest absolute Gasteiger partial charge is 0.416 e. The van der Waals surface area contributed by atoms with Crippen molar-refractivity contribution in [2.45, 2.75) is 12.2 Å². The van der Waals surface area contributed by atoms with Gasteiger partial charge in [0.25, 0.3) is 0 Å². The van der Waals surface area contributed by atoms with E-state index in [0.717, 1.165) is 6.07 Å². The number of nitrogens with two attached hydrogens (primary N) is 1. The third-order valence-corrected chi connectivity index (χ3v) is 3.01. The highest BCUT2D eigenvalue weighted by atomic mass is 19.4. The maximum atomic E-state index is 13.8. The summed E-state index contributed by atoms with van der Waals surface area (Å²) >= 11 is 0. The number of alkyl halides is 3. The van der Waals surface area contributed by atoms with E-state index in [4.69, 9.17) is 5.84 Å². The van der Waals surface area contributed by atoms with E-state index in [1.54, 1.807) is 0 Å². The van der Waals surface area contributed by atoms with E-state index in [-0.39, 0.29) is 5.56 Å². The van der Waals surface area contributed by atoms with E-state index >= 15 is 0 Å². The number of hydrazine groups is 1. The van der Waals surface area contributed by atoms with Crippen molar-refractivity contribution in [2.24, 2.45) is 5.84 Å². The third-order valence-electron chi connectivity index (χ3n) is 3.01. The number of benzene rings is 2. The second-order valence-corrected chi connectivity index (χ2v) is 4.35. The smallest absolute Gasteiger partial charge is 0.271 e. The van der Waals surface area contributed by atoms with Gasteiger partial charge in [-0.1, -0.05) is 18.2 Å². The number of hydrogen-bond acceptors (Lipinski definition) is 2. The molecule has 0 amide bonds. The molecule has 0 saturated heterocycles. The molecule has 0 aliphatic carbocycles. The summed E-state index contributed by atoms with van der Waals surface area (Å²) in [5.41, 5.74) is 0.457. The highest BCUT2D eigenvalue weighted by molar-refractivity contribution is 5.39. The summed E-state index contributed by atoms with van der Waals surface area (Å²) in [4.78, 5) is 0. The van der Waals surface area contributed by atoms with E-state index in [2.05, 4.69) is 5.43 Å². The highest BCUT2D eigenvalue weighted by Gasteiger charge is 2.36. The molecule has 2 rings (SSSR count). The predicted octanol–water partition coefficient (Wildman–Crippen LogP) is 3.54. The van der Waals surface area contributed by atoms with Gasteiger partial charge in [-0.3, -0.25) is 5.84 Å². The molecule has 2 aromatic carbocycles. The van der Waals surface area contributed by atoms with Crippen molar-refractivity contribution >= 4 is 0 Å². The van der Waals surface area contributed by atoms with Gasteiger partial charge in [-0.15, -0.1) is 0 Å². The van der Waals surface area contributed by atoms with Crippen LogP contribution >= 0.6 is 0 Å². The van der Waals surface area contributed by atoms with Gasteiger partial charge in [-0.25, -0.2) is 14.2 Å². The summed E-state index contributed by atoms with van der Waals surface area (Å²) in [6.07, 6.45) is -4.70. The number of rotatable bonds is 3. The molecule has 2 aromatic rings. The van der Waals surface area contributed by atoms with E-state index in [9.17, 15) is 22.0 Å². The average Bonchev–Trinajstić information content (AvgIpc) is 2.40. The van der Waals surface area contributed by atoms with Gasteiger partial charge in [0.05, 0.1) is 11.6 Å². The molecule has 112 valence electrons. The Balaban J connectivity index is 2.63. The fraction of sp³-hybridized carbons (Fsp3) is 0.143. The van der Waals surface area contributed by atoms with E-state index in [1.807, 2.05) is 0 Å². The van der Waals surface area contributed by atoms with Crippen LogP contribution in [-0.2, 0) is 6.18 Å². The Bertz CT molecular complexity index is 640. The number of hydrogen-bond donors (Lipinski definition) is 2. The second-order valence-electron chi connectivity index (χ2n) is 4.35. The van der Waals surface area contributed by atoms with Crippen molar-refractivity contribution in [1.82, 2.24) is 5.43 Å². The molecule has 0 radical (unpaired) electrons. The molecular formula is C14H11F5N2. The number of halogens is 5. The van der Waals surface area contributed by atoms with Gasteiger partial charge >= 0.3 is 6.18 Å². The highest BCUT2D eigenvalue weighted by Crippen LogP contribution is 2.37. The van der Waals surface area contributed by atoms with Gasteiger partial charge in [0.1, 0.15) is 11.6 Å². The molecule has 1 unspecified atom stereocenters. The molecule has 0 spiro atoms. The SMILES string of the molecule is NNC(c1ccccc1F)c1cc(F)ccc1C(F)(F)F. The molecule has 0 aromatic heterocycles. The first-order chi connectivity index (χ1) is 9.84. The van der Waals surface area contributed by atoms with Crippen LogP contribution in [0.3, 0.4) is 0 Å². The van der Waals surface area contributed by atoms with Crippen LogP contribution in [0.1, 0.15) is 22.7 Å². The summed E-state index contributed by atoms with van der Waals surface area (Å²) in [7, 11) is 0. The van der Waals surface area contributed by atoms with Crippen molar-refractivity contribution in [1.29, 1.82) is 0 Å². The Morgan fingerprint density at radius 3 is 2.19 bits per heavy atom. The number of nitrogens with one attached hydrogen (secondary N) is 1. The zero-order valence-electron chi connectivity index (χ0n) is 10.6. The van der Waals surface area contributed by atoms with Crippen LogP contribution in [0.2, 0.25) is 0 Å². The van der Waals surface area contributed by atoms with E-state index in [1.165, 1.54) is 18.2 Å². The average molecular weight is 302 g/mol. The first-order valence-corrected chi connectivity index (χ1v) is 5.91. The summed E-state index contributed by atoms with van der Waals surface area (Å²) < 4.78 is 66.1. The lowest BCUT2D eigenvalue weighted by Gasteiger charge is -2.22. The van der Waals surface area contributed by atoms with Crippen molar-refractivity contribution < 1.29 is 22.0 Å². The van der Waals surface area contributed by atoms with Gasteiger partial charge < -0.3 is 0 Å². The molecular weight excluding hydrogens is 291 g/mol. The standard InChI is InChI=1S/C14H11F5N2/c15-8-5-6-11(14(17,18)19)10(7-8)13(21-20)9-3-1-2-4-12(9)16/h1-7,13,21H,20H2. The van der Waals surface area contributed by atoms with Crippen LogP contribution < -0.4 is 11.3 Å². The van der Waals surface area contributed by atoms with Crippen molar-refractivity contribution in [3.05, 3.63) is 70.8 Å². The van der Waals surface area contributed by atoms with Gasteiger partial charge in [0.2, 0.25) is 0 Å². The Labute approximate surface area is 117 Å². The summed E-state index contributed by atoms with van der Waals surface area (Å²) in [5.74, 6) is 3.66. The Morgan fingerprint density at radius 2 is 1.62 bits per heavy atom. The minimum absolute atomic E-state index is 0.101. The molecule has 21 heavy (non-hydrogen) atoms. The van der Waals surface area contributed by atoms with Crippen molar-refractivity contribution in [2.75, 3.05) is 0 Å². The fourth-order valence-corrected chi connectivity index (χ4v) is 2.09. The normalized spacial score (nSPS) is 13.2. The molecule has 7 heteroatoms. The van der Waals surface area contributed by atoms with Crippen LogP contribution in [0.25, 0.3) is 0 Å². The Hall–Kier alpha value is -1.99. The molecule has 0 saturated carbocycles. The van der Waals surface area contributed by atoms with E-state index in [0.29, 0.717) is 18.2 Å². The quantitative estimate of drug-likeness (QED) is 0.517. The molecule has 0 aliphatic rings. The summed E-state index contributed by atoms with van der Waals surface area (Å²) in [5, 5.41) is 0. The van der Waals surface area contributed by atoms with Crippen molar-refractivity contribution in [3.8, 4) is 0 Å². The first kappa shape index (κ1) is 15.4. The Kier molecular flexibility index (Phi) is 4.24. The van der Waals surface area contributed by atoms with Crippen LogP contribution in [0.15, 0.2) is 42.5 Å². The van der Waals surface area contributed by atoms with Crippen molar-refractivity contribution in [3.63, 3.8) is 0 Å². The third kappa shape index (κ3) is 3.20. The molecule has 0 heterocycles. The lowest BCUT2D eigenvalue weighted by Crippen LogP contribution is -2.31. The second kappa shape index (κ2) is 5.79. The van der Waals surface area contributed by atoms with Crippen LogP contribution in [0, 0.1) is 11.6 Å².